The monoisotopic (exact) mass is 1750 g/mol. The van der Waals surface area contributed by atoms with Crippen LogP contribution in [-0.2, 0) is 103 Å². The van der Waals surface area contributed by atoms with Gasteiger partial charge in [0.1, 0.15) is 0 Å². The first-order valence-corrected chi connectivity index (χ1v) is 55.4. The van der Waals surface area contributed by atoms with Gasteiger partial charge in [-0.2, -0.15) is 0 Å². The van der Waals surface area contributed by atoms with E-state index < -0.39 is 0 Å². The molecule has 648 valence electrons. The van der Waals surface area contributed by atoms with E-state index in [2.05, 4.69) is 207 Å². The lowest BCUT2D eigenvalue weighted by Gasteiger charge is -2.07. The molecule has 1 aliphatic heterocycles. The Kier molecular flexibility index (Phi) is 44.9. The van der Waals surface area contributed by atoms with Crippen molar-refractivity contribution in [1.29, 1.82) is 0 Å². The van der Waals surface area contributed by atoms with Crippen LogP contribution < -0.4 is 0 Å². The van der Waals surface area contributed by atoms with Gasteiger partial charge in [0.15, 0.2) is 0 Å². The van der Waals surface area contributed by atoms with Crippen molar-refractivity contribution in [2.24, 2.45) is 0 Å². The average Bonchev–Trinajstić information content (AvgIpc) is 1.63. The molecule has 8 aromatic rings. The second-order valence-electron chi connectivity index (χ2n) is 34.0. The van der Waals surface area contributed by atoms with E-state index in [0.29, 0.717) is 0 Å². The third kappa shape index (κ3) is 27.4. The molecule has 9 heterocycles. The first-order chi connectivity index (χ1) is 58.9. The summed E-state index contributed by atoms with van der Waals surface area (Å²) in [5.41, 5.74) is 24.5. The van der Waals surface area contributed by atoms with Gasteiger partial charge in [0.05, 0.1) is 39.0 Å². The Bertz CT molecular complexity index is 3960. The van der Waals surface area contributed by atoms with E-state index in [9.17, 15) is 0 Å². The lowest BCUT2D eigenvalue weighted by molar-refractivity contribution is 0.760. The van der Waals surface area contributed by atoms with Crippen LogP contribution in [0, 0.1) is 47.4 Å². The van der Waals surface area contributed by atoms with Gasteiger partial charge < -0.3 is 0 Å². The minimum absolute atomic E-state index is 1.08. The molecule has 0 nitrogen and oxygen atoms in total. The number of thiophene rings is 8. The quantitative estimate of drug-likeness (QED) is 0.0334. The standard InChI is InChI=1S/C112H152S8/c1-17-33-49-81-82(50-34-18-2)98-67-68-100-85(53-37-21-5)86(54-38-22-6)102(115-100)71-72-104-89(57-41-25-9)90(58-42-26-10)106(117-104)75-76-108-93(61-45-29-13)94(62-46-30-14)110(119-108)79-80-112-96(64-48-32-16)95(63-47-31-15)111(120-112)78-77-109-92(60-44-28-12)91(59-43-27-11)107(118-109)74-73-105-88(56-40-24-8)87(55-39-23-7)103(116-105)70-69-101-84(52-36-20-4)83(51-35-19-3)99(114-101)66-65-97(81)113-98/h65-66,71-74,79-80H,17-64H2,1-16H3. The summed E-state index contributed by atoms with van der Waals surface area (Å²) in [4.78, 5) is 21.7. The van der Waals surface area contributed by atoms with Crippen molar-refractivity contribution in [3.8, 4) is 47.4 Å². The Morgan fingerprint density at radius 2 is 0.217 bits per heavy atom. The smallest absolute Gasteiger partial charge is 0.0813 e. The second-order valence-corrected chi connectivity index (χ2v) is 42.4. The second kappa shape index (κ2) is 54.6. The largest absolute Gasteiger partial charge is 0.127 e. The molecule has 0 amide bonds. The predicted molar refractivity (Wildman–Crippen MR) is 552 cm³/mol. The average molecular weight is 1750 g/mol. The summed E-state index contributed by atoms with van der Waals surface area (Å²) in [6.07, 6.45) is 75.4. The molecule has 0 radical (unpaired) electrons. The van der Waals surface area contributed by atoms with Crippen molar-refractivity contribution >= 4 is 139 Å². The summed E-state index contributed by atoms with van der Waals surface area (Å²) in [6, 6.07) is 0. The Morgan fingerprint density at radius 3 is 0.300 bits per heavy atom. The molecule has 8 aromatic heterocycles. The van der Waals surface area contributed by atoms with Crippen LogP contribution in [0.2, 0.25) is 0 Å². The fourth-order valence-electron chi connectivity index (χ4n) is 17.1. The topological polar surface area (TPSA) is 0 Å². The van der Waals surface area contributed by atoms with Gasteiger partial charge in [-0.3, -0.25) is 0 Å². The van der Waals surface area contributed by atoms with Crippen LogP contribution in [0.5, 0.6) is 0 Å². The minimum atomic E-state index is 1.08. The van der Waals surface area contributed by atoms with Crippen molar-refractivity contribution in [3.05, 3.63) is 167 Å². The highest BCUT2D eigenvalue weighted by atomic mass is 32.1. The molecule has 0 aliphatic carbocycles. The van der Waals surface area contributed by atoms with Crippen molar-refractivity contribution < 1.29 is 0 Å². The Morgan fingerprint density at radius 1 is 0.133 bits per heavy atom. The van der Waals surface area contributed by atoms with E-state index in [4.69, 9.17) is 0 Å². The molecule has 8 heteroatoms. The highest BCUT2D eigenvalue weighted by Gasteiger charge is 2.26. The fourth-order valence-corrected chi connectivity index (χ4v) is 26.3. The molecule has 0 spiro atoms. The van der Waals surface area contributed by atoms with Gasteiger partial charge in [-0.05, 0) is 390 Å². The van der Waals surface area contributed by atoms with Gasteiger partial charge in [-0.1, -0.05) is 214 Å². The fraction of sp³-hybridized carbons (Fsp3) is 0.571. The van der Waals surface area contributed by atoms with E-state index >= 15 is 0 Å². The maximum atomic E-state index is 4.07. The van der Waals surface area contributed by atoms with Crippen molar-refractivity contribution in [2.45, 2.75) is 419 Å². The first kappa shape index (κ1) is 98.6. The summed E-state index contributed by atoms with van der Waals surface area (Å²) in [5, 5.41) is 0. The van der Waals surface area contributed by atoms with E-state index in [1.54, 1.807) is 44.5 Å². The van der Waals surface area contributed by atoms with Gasteiger partial charge in [0.25, 0.3) is 0 Å². The molecule has 0 aromatic carbocycles. The molecule has 0 N–H and O–H groups in total. The first-order valence-electron chi connectivity index (χ1n) is 48.9. The van der Waals surface area contributed by atoms with Crippen LogP contribution in [0.25, 0.3) is 48.6 Å². The Balaban J connectivity index is 1.36. The van der Waals surface area contributed by atoms with Crippen LogP contribution in [0.3, 0.4) is 0 Å². The SMILES string of the molecule is CCCCc1c2sc(c1CCCC)C=Cc1sc(c(CCCC)c1CCCC)C#Cc1sc(c(CCCC)c1CCCC)C=Cc1sc(c(CCCC)c1CCCC)C#Cc1sc(c(CCCC)c1CCCC)C=Cc1sc(c(CCCC)c1CCCC)C#Cc1sc(c(CCCC)c1CCCC)C=Cc1sc(c(CCCC)c1CCCC)C#C2. The van der Waals surface area contributed by atoms with Gasteiger partial charge in [0.2, 0.25) is 0 Å². The lowest BCUT2D eigenvalue weighted by atomic mass is 9.96. The lowest BCUT2D eigenvalue weighted by Crippen LogP contribution is -1.96. The molecular weight excluding hydrogens is 1600 g/mol. The Labute approximate surface area is 765 Å². The zero-order valence-corrected chi connectivity index (χ0v) is 84.4. The molecule has 0 saturated carbocycles. The van der Waals surface area contributed by atoms with Gasteiger partial charge in [-0.15, -0.1) is 90.7 Å². The van der Waals surface area contributed by atoms with Crippen LogP contribution in [0.1, 0.15) is 483 Å². The van der Waals surface area contributed by atoms with Crippen LogP contribution in [0.4, 0.5) is 0 Å². The molecule has 120 heavy (non-hydrogen) atoms. The molecular formula is C112H152S8. The molecule has 1 aliphatic rings. The molecule has 9 rings (SSSR count). The highest BCUT2D eigenvalue weighted by molar-refractivity contribution is 7.17. The highest BCUT2D eigenvalue weighted by Crippen LogP contribution is 2.44. The summed E-state index contributed by atoms with van der Waals surface area (Å²) in [7, 11) is 0. The molecule has 0 unspecified atom stereocenters. The number of fused-ring (bicyclic) bond motifs is 16. The zero-order chi connectivity index (χ0) is 85.4. The molecule has 0 saturated heterocycles. The number of hydrogen-bond acceptors (Lipinski definition) is 8. The summed E-state index contributed by atoms with van der Waals surface area (Å²) >= 11 is 15.9. The number of unbranched alkanes of at least 4 members (excludes halogenated alkanes) is 16. The van der Waals surface area contributed by atoms with Crippen molar-refractivity contribution in [3.63, 3.8) is 0 Å². The summed E-state index contributed by atoms with van der Waals surface area (Å²) < 4.78 is 0. The number of hydrogen-bond donors (Lipinski definition) is 0. The Hall–Kier alpha value is -5.20. The van der Waals surface area contributed by atoms with E-state index in [1.807, 2.05) is 90.7 Å². The zero-order valence-electron chi connectivity index (χ0n) is 77.8. The summed E-state index contributed by atoms with van der Waals surface area (Å²) in [5.74, 6) is 32.6. The maximum absolute atomic E-state index is 4.07. The van der Waals surface area contributed by atoms with E-state index in [0.717, 1.165) is 103 Å². The van der Waals surface area contributed by atoms with Gasteiger partial charge in [-0.25, -0.2) is 0 Å². The van der Waals surface area contributed by atoms with Crippen molar-refractivity contribution in [2.75, 3.05) is 0 Å². The molecule has 0 atom stereocenters. The van der Waals surface area contributed by atoms with E-state index in [-0.39, 0.29) is 0 Å². The normalized spacial score (nSPS) is 12.1. The predicted octanol–water partition coefficient (Wildman–Crippen LogP) is 36.3. The molecule has 0 fully saturated rings. The van der Waals surface area contributed by atoms with Gasteiger partial charge in [0, 0.05) is 39.0 Å². The van der Waals surface area contributed by atoms with Crippen molar-refractivity contribution in [1.82, 2.24) is 0 Å². The van der Waals surface area contributed by atoms with Crippen LogP contribution in [-0.4, -0.2) is 0 Å². The summed E-state index contributed by atoms with van der Waals surface area (Å²) in [6.45, 7) is 37.9. The van der Waals surface area contributed by atoms with E-state index in [1.165, 1.54) is 328 Å². The minimum Gasteiger partial charge on any atom is -0.127 e. The third-order valence-electron chi connectivity index (χ3n) is 24.4. The number of rotatable bonds is 48. The maximum Gasteiger partial charge on any atom is 0.0813 e. The van der Waals surface area contributed by atoms with Crippen LogP contribution >= 0.6 is 90.7 Å². The van der Waals surface area contributed by atoms with Crippen LogP contribution in [0.15, 0.2) is 0 Å². The third-order valence-corrected chi connectivity index (χ3v) is 33.6. The molecule has 16 bridgehead atoms. The van der Waals surface area contributed by atoms with Gasteiger partial charge >= 0.3 is 0 Å².